The Kier molecular flexibility index (Phi) is 7.83. The van der Waals surface area contributed by atoms with Gasteiger partial charge in [-0.25, -0.2) is 12.8 Å². The maximum absolute atomic E-state index is 13.1. The molecule has 6 nitrogen and oxygen atoms in total. The Bertz CT molecular complexity index is 1220. The molecule has 0 heterocycles. The Labute approximate surface area is 193 Å². The van der Waals surface area contributed by atoms with Crippen molar-refractivity contribution in [3.8, 4) is 5.75 Å². The molecule has 0 unspecified atom stereocenters. The molecule has 1 amide bonds. The number of hydrogen-bond acceptors (Lipinski definition) is 4. The number of carbonyl (C=O) groups excluding carboxylic acids is 1. The zero-order valence-electron chi connectivity index (χ0n) is 16.9. The molecule has 2 N–H and O–H groups in total. The van der Waals surface area contributed by atoms with Gasteiger partial charge in [-0.1, -0.05) is 23.7 Å². The second kappa shape index (κ2) is 10.6. The summed E-state index contributed by atoms with van der Waals surface area (Å²) in [6.07, 6.45) is 0.429. The minimum absolute atomic E-state index is 0.0109. The van der Waals surface area contributed by atoms with E-state index >= 15 is 0 Å². The summed E-state index contributed by atoms with van der Waals surface area (Å²) in [6.45, 7) is -2.66. The lowest BCUT2D eigenvalue weighted by Gasteiger charge is -2.12. The summed E-state index contributed by atoms with van der Waals surface area (Å²) >= 11 is 6.07. The van der Waals surface area contributed by atoms with Gasteiger partial charge in [-0.2, -0.15) is 8.78 Å². The van der Waals surface area contributed by atoms with Crippen molar-refractivity contribution < 1.29 is 31.1 Å². The summed E-state index contributed by atoms with van der Waals surface area (Å²) in [4.78, 5) is 12.3. The van der Waals surface area contributed by atoms with E-state index < -0.39 is 28.4 Å². The van der Waals surface area contributed by atoms with Gasteiger partial charge in [0, 0.05) is 12.1 Å². The summed E-state index contributed by atoms with van der Waals surface area (Å²) in [5.41, 5.74) is 0.945. The van der Waals surface area contributed by atoms with Crippen molar-refractivity contribution in [2.75, 3.05) is 11.3 Å². The van der Waals surface area contributed by atoms with Crippen molar-refractivity contribution in [2.24, 2.45) is 0 Å². The molecule has 0 aliphatic heterocycles. The van der Waals surface area contributed by atoms with E-state index in [9.17, 15) is 26.4 Å². The zero-order valence-corrected chi connectivity index (χ0v) is 18.5. The van der Waals surface area contributed by atoms with Crippen molar-refractivity contribution in [3.63, 3.8) is 0 Å². The molecule has 3 rings (SSSR count). The quantitative estimate of drug-likeness (QED) is 0.441. The smallest absolute Gasteiger partial charge is 0.387 e. The van der Waals surface area contributed by atoms with E-state index in [-0.39, 0.29) is 33.5 Å². The lowest BCUT2D eigenvalue weighted by atomic mass is 10.1. The van der Waals surface area contributed by atoms with Crippen molar-refractivity contribution in [1.82, 2.24) is 5.32 Å². The Morgan fingerprint density at radius 3 is 2.30 bits per heavy atom. The third kappa shape index (κ3) is 6.87. The Hall–Kier alpha value is -3.24. The fraction of sp³-hybridized carbons (Fsp3) is 0.136. The molecule has 33 heavy (non-hydrogen) atoms. The van der Waals surface area contributed by atoms with Crippen LogP contribution in [0.5, 0.6) is 5.75 Å². The van der Waals surface area contributed by atoms with Crippen LogP contribution in [0.15, 0.2) is 71.6 Å². The van der Waals surface area contributed by atoms with Crippen molar-refractivity contribution >= 4 is 33.2 Å². The second-order valence-electron chi connectivity index (χ2n) is 6.78. The number of hydrogen-bond donors (Lipinski definition) is 2. The number of alkyl halides is 2. The Morgan fingerprint density at radius 2 is 1.67 bits per heavy atom. The molecular weight excluding hydrogens is 481 g/mol. The van der Waals surface area contributed by atoms with Crippen LogP contribution in [0.2, 0.25) is 5.02 Å². The molecule has 0 bridgehead atoms. The summed E-state index contributed by atoms with van der Waals surface area (Å²) < 4.78 is 69.0. The molecule has 0 radical (unpaired) electrons. The number of amides is 1. The van der Waals surface area contributed by atoms with Gasteiger partial charge in [0.2, 0.25) is 0 Å². The van der Waals surface area contributed by atoms with Gasteiger partial charge in [-0.05, 0) is 66.6 Å². The number of ether oxygens (including phenoxy) is 1. The van der Waals surface area contributed by atoms with E-state index in [1.165, 1.54) is 30.3 Å². The van der Waals surface area contributed by atoms with Gasteiger partial charge >= 0.3 is 6.61 Å². The molecule has 0 saturated carbocycles. The van der Waals surface area contributed by atoms with Crippen molar-refractivity contribution in [3.05, 3.63) is 88.7 Å². The third-order valence-corrected chi connectivity index (χ3v) is 6.16. The molecule has 0 atom stereocenters. The van der Waals surface area contributed by atoms with Gasteiger partial charge < -0.3 is 10.1 Å². The molecule has 3 aromatic rings. The number of halogens is 4. The highest BCUT2D eigenvalue weighted by Gasteiger charge is 2.17. The topological polar surface area (TPSA) is 84.5 Å². The summed E-state index contributed by atoms with van der Waals surface area (Å²) in [5, 5.41) is 2.76. The average Bonchev–Trinajstić information content (AvgIpc) is 2.76. The monoisotopic (exact) mass is 498 g/mol. The van der Waals surface area contributed by atoms with E-state index in [1.807, 2.05) is 0 Å². The fourth-order valence-electron chi connectivity index (χ4n) is 2.82. The van der Waals surface area contributed by atoms with Gasteiger partial charge in [0.1, 0.15) is 11.6 Å². The van der Waals surface area contributed by atoms with Crippen molar-refractivity contribution in [2.45, 2.75) is 17.9 Å². The third-order valence-electron chi connectivity index (χ3n) is 4.44. The Morgan fingerprint density at radius 1 is 1.00 bits per heavy atom. The first-order valence-corrected chi connectivity index (χ1v) is 11.4. The SMILES string of the molecule is O=C(NCCc1ccc(OC(F)F)cc1)c1ccc(Cl)c(NS(=O)(=O)c2ccc(F)cc2)c1. The van der Waals surface area contributed by atoms with Crippen LogP contribution in [0, 0.1) is 5.82 Å². The minimum Gasteiger partial charge on any atom is -0.435 e. The Balaban J connectivity index is 1.62. The van der Waals surface area contributed by atoms with Crippen LogP contribution in [0.4, 0.5) is 18.9 Å². The fourth-order valence-corrected chi connectivity index (χ4v) is 4.11. The largest absolute Gasteiger partial charge is 0.435 e. The van der Waals surface area contributed by atoms with Crippen LogP contribution in [-0.2, 0) is 16.4 Å². The summed E-state index contributed by atoms with van der Waals surface area (Å²) in [5.74, 6) is -1.01. The molecule has 0 aliphatic carbocycles. The predicted octanol–water partition coefficient (Wildman–Crippen LogP) is 4.85. The van der Waals surface area contributed by atoms with Gasteiger partial charge in [0.05, 0.1) is 15.6 Å². The van der Waals surface area contributed by atoms with Crippen LogP contribution in [-0.4, -0.2) is 27.5 Å². The zero-order chi connectivity index (χ0) is 24.0. The van der Waals surface area contributed by atoms with Crippen LogP contribution in [0.25, 0.3) is 0 Å². The average molecular weight is 499 g/mol. The van der Waals surface area contributed by atoms with Gasteiger partial charge in [-0.3, -0.25) is 9.52 Å². The van der Waals surface area contributed by atoms with E-state index in [1.54, 1.807) is 12.1 Å². The molecule has 0 aromatic heterocycles. The van der Waals surface area contributed by atoms with Crippen LogP contribution < -0.4 is 14.8 Å². The van der Waals surface area contributed by atoms with Gasteiger partial charge in [-0.15, -0.1) is 0 Å². The van der Waals surface area contributed by atoms with Gasteiger partial charge in [0.25, 0.3) is 15.9 Å². The normalized spacial score (nSPS) is 11.3. The van der Waals surface area contributed by atoms with E-state index in [2.05, 4.69) is 14.8 Å². The number of anilines is 1. The van der Waals surface area contributed by atoms with Crippen LogP contribution in [0.1, 0.15) is 15.9 Å². The molecule has 0 spiro atoms. The van der Waals surface area contributed by atoms with Gasteiger partial charge in [0.15, 0.2) is 0 Å². The number of nitrogens with one attached hydrogen (secondary N) is 2. The molecule has 3 aromatic carbocycles. The number of carbonyl (C=O) groups is 1. The molecule has 0 aliphatic rings. The van der Waals surface area contributed by atoms with Crippen LogP contribution >= 0.6 is 11.6 Å². The lowest BCUT2D eigenvalue weighted by molar-refractivity contribution is -0.0498. The van der Waals surface area contributed by atoms with Crippen LogP contribution in [0.3, 0.4) is 0 Å². The maximum atomic E-state index is 13.1. The summed E-state index contributed by atoms with van der Waals surface area (Å²) in [7, 11) is -4.05. The number of benzene rings is 3. The predicted molar refractivity (Wildman–Crippen MR) is 118 cm³/mol. The highest BCUT2D eigenvalue weighted by Crippen LogP contribution is 2.26. The summed E-state index contributed by atoms with van der Waals surface area (Å²) in [6, 6.07) is 14.4. The molecule has 11 heteroatoms. The standard InChI is InChI=1S/C22H18ClF3N2O4S/c23-19-10-3-15(13-20(19)28-33(30,31)18-8-4-16(24)5-9-18)21(29)27-12-11-14-1-6-17(7-2-14)32-22(25)26/h1-10,13,22,28H,11-12H2,(H,27,29). The van der Waals surface area contributed by atoms with E-state index in [4.69, 9.17) is 11.6 Å². The molecule has 174 valence electrons. The number of rotatable bonds is 9. The molecular formula is C22H18ClF3N2O4S. The van der Waals surface area contributed by atoms with E-state index in [0.717, 1.165) is 29.8 Å². The second-order valence-corrected chi connectivity index (χ2v) is 8.87. The minimum atomic E-state index is -4.05. The maximum Gasteiger partial charge on any atom is 0.387 e. The molecule has 0 fully saturated rings. The first-order valence-electron chi connectivity index (χ1n) is 9.54. The molecule has 0 saturated heterocycles. The first kappa shape index (κ1) is 24.4. The number of sulfonamides is 1. The highest BCUT2D eigenvalue weighted by atomic mass is 35.5. The van der Waals surface area contributed by atoms with E-state index in [0.29, 0.717) is 6.42 Å². The first-order chi connectivity index (χ1) is 15.6. The lowest BCUT2D eigenvalue weighted by Crippen LogP contribution is -2.26. The van der Waals surface area contributed by atoms with Crippen molar-refractivity contribution in [1.29, 1.82) is 0 Å². The highest BCUT2D eigenvalue weighted by molar-refractivity contribution is 7.92.